The molecule has 1 aromatic rings. The Morgan fingerprint density at radius 2 is 1.82 bits per heavy atom. The fourth-order valence-corrected chi connectivity index (χ4v) is 8.36. The number of aliphatic hydroxyl groups excluding tert-OH is 1. The average molecular weight is 551 g/mol. The molecule has 0 unspecified atom stereocenters. The van der Waals surface area contributed by atoms with Crippen LogP contribution in [0.25, 0.3) is 0 Å². The summed E-state index contributed by atoms with van der Waals surface area (Å²) in [5, 5.41) is 11.7. The van der Waals surface area contributed by atoms with Crippen LogP contribution in [0.5, 0.6) is 0 Å². The minimum absolute atomic E-state index is 0.0205. The van der Waals surface area contributed by atoms with E-state index in [1.54, 1.807) is 31.2 Å². The van der Waals surface area contributed by atoms with E-state index >= 15 is 0 Å². The number of hydrogen-bond acceptors (Lipinski definition) is 8. The first-order valence-corrected chi connectivity index (χ1v) is 14.2. The largest absolute Gasteiger partial charge is 0.509 e. The molecule has 0 aromatic heterocycles. The van der Waals surface area contributed by atoms with Gasteiger partial charge in [0.1, 0.15) is 0 Å². The van der Waals surface area contributed by atoms with Crippen molar-refractivity contribution in [3.63, 3.8) is 0 Å². The van der Waals surface area contributed by atoms with Gasteiger partial charge in [-0.25, -0.2) is 4.79 Å². The molecule has 4 aliphatic carbocycles. The van der Waals surface area contributed by atoms with E-state index < -0.39 is 47.0 Å². The molecule has 214 valence electrons. The normalized spacial score (nSPS) is 36.0. The van der Waals surface area contributed by atoms with Crippen LogP contribution >= 0.6 is 0 Å². The number of esters is 1. The van der Waals surface area contributed by atoms with Crippen LogP contribution in [0.2, 0.25) is 0 Å². The minimum atomic E-state index is -1.60. The van der Waals surface area contributed by atoms with Crippen LogP contribution in [0.1, 0.15) is 58.4 Å². The first-order chi connectivity index (χ1) is 19.0. The Balaban J connectivity index is 1.42. The van der Waals surface area contributed by atoms with Crippen LogP contribution in [-0.4, -0.2) is 53.7 Å². The number of allylic oxidation sites excluding steroid dienone is 4. The lowest BCUT2D eigenvalue weighted by Gasteiger charge is -2.59. The Kier molecular flexibility index (Phi) is 7.50. The fourth-order valence-electron chi connectivity index (χ4n) is 8.36. The number of rotatable bonds is 7. The Bertz CT molecular complexity index is 1250. The summed E-state index contributed by atoms with van der Waals surface area (Å²) >= 11 is 0. The quantitative estimate of drug-likeness (QED) is 0.492. The van der Waals surface area contributed by atoms with Crippen LogP contribution < -0.4 is 0 Å². The van der Waals surface area contributed by atoms with Gasteiger partial charge in [0.05, 0.1) is 19.1 Å². The van der Waals surface area contributed by atoms with Crippen molar-refractivity contribution in [2.45, 2.75) is 71.0 Å². The molecule has 0 bridgehead atoms. The molecule has 5 rings (SSSR count). The van der Waals surface area contributed by atoms with E-state index in [0.717, 1.165) is 24.0 Å². The Hall–Kier alpha value is -3.26. The third-order valence-electron chi connectivity index (χ3n) is 10.1. The number of carbonyl (C=O) groups is 4. The number of carbonyl (C=O) groups excluding carboxylic acids is 4. The highest BCUT2D eigenvalue weighted by atomic mass is 16.7. The highest BCUT2D eigenvalue weighted by Crippen LogP contribution is 2.68. The molecular formula is C32H38O8. The molecule has 0 spiro atoms. The maximum absolute atomic E-state index is 14.0. The van der Waals surface area contributed by atoms with Crippen molar-refractivity contribution >= 4 is 23.7 Å². The molecule has 0 saturated heterocycles. The van der Waals surface area contributed by atoms with Gasteiger partial charge in [-0.15, -0.1) is 0 Å². The molecule has 4 aliphatic rings. The van der Waals surface area contributed by atoms with E-state index in [0.29, 0.717) is 6.42 Å². The van der Waals surface area contributed by atoms with Crippen molar-refractivity contribution in [3.8, 4) is 0 Å². The lowest BCUT2D eigenvalue weighted by Crippen LogP contribution is -2.63. The van der Waals surface area contributed by atoms with Gasteiger partial charge in [0, 0.05) is 16.7 Å². The molecule has 0 aliphatic heterocycles. The van der Waals surface area contributed by atoms with Gasteiger partial charge >= 0.3 is 12.1 Å². The number of Topliss-reactive ketones (excluding diaryl/α,β-unsaturated/α-hetero) is 1. The maximum atomic E-state index is 14.0. The van der Waals surface area contributed by atoms with Crippen molar-refractivity contribution < 1.29 is 38.5 Å². The zero-order valence-corrected chi connectivity index (χ0v) is 23.4. The minimum Gasteiger partial charge on any atom is -0.457 e. The summed E-state index contributed by atoms with van der Waals surface area (Å²) in [5.41, 5.74) is -1.14. The van der Waals surface area contributed by atoms with E-state index in [1.165, 1.54) is 0 Å². The van der Waals surface area contributed by atoms with Crippen molar-refractivity contribution in [2.24, 2.45) is 28.6 Å². The first kappa shape index (κ1) is 28.3. The van der Waals surface area contributed by atoms with E-state index in [2.05, 4.69) is 6.92 Å². The summed E-state index contributed by atoms with van der Waals surface area (Å²) < 4.78 is 16.4. The van der Waals surface area contributed by atoms with Gasteiger partial charge in [-0.3, -0.25) is 14.4 Å². The molecule has 40 heavy (non-hydrogen) atoms. The van der Waals surface area contributed by atoms with E-state index in [9.17, 15) is 24.3 Å². The third-order valence-corrected chi connectivity index (χ3v) is 10.1. The van der Waals surface area contributed by atoms with Crippen molar-refractivity contribution in [2.75, 3.05) is 13.2 Å². The number of ketones is 2. The van der Waals surface area contributed by atoms with Gasteiger partial charge in [0.15, 0.2) is 18.0 Å². The van der Waals surface area contributed by atoms with Gasteiger partial charge in [0.2, 0.25) is 5.78 Å². The second kappa shape index (κ2) is 10.6. The summed E-state index contributed by atoms with van der Waals surface area (Å²) in [6.07, 6.45) is 6.09. The van der Waals surface area contributed by atoms with Gasteiger partial charge in [0.25, 0.3) is 0 Å². The molecule has 3 saturated carbocycles. The highest BCUT2D eigenvalue weighted by Gasteiger charge is 2.70. The number of ether oxygens (including phenoxy) is 3. The highest BCUT2D eigenvalue weighted by molar-refractivity contribution is 6.01. The molecule has 8 nitrogen and oxygen atoms in total. The van der Waals surface area contributed by atoms with Crippen LogP contribution in [-0.2, 0) is 35.0 Å². The molecule has 7 atom stereocenters. The summed E-state index contributed by atoms with van der Waals surface area (Å²) in [6.45, 7) is 5.21. The molecule has 0 radical (unpaired) electrons. The number of hydrogen-bond donors (Lipinski definition) is 1. The number of fused-ring (bicyclic) bond motifs is 5. The predicted octanol–water partition coefficient (Wildman–Crippen LogP) is 4.53. The smallest absolute Gasteiger partial charge is 0.457 e. The Morgan fingerprint density at radius 3 is 2.55 bits per heavy atom. The van der Waals surface area contributed by atoms with Crippen molar-refractivity contribution in [1.29, 1.82) is 0 Å². The molecule has 0 amide bonds. The summed E-state index contributed by atoms with van der Waals surface area (Å²) in [6, 6.07) is 9.10. The fraction of sp³-hybridized carbons (Fsp3) is 0.562. The summed E-state index contributed by atoms with van der Waals surface area (Å²) in [7, 11) is 0. The molecule has 1 N–H and O–H groups in total. The van der Waals surface area contributed by atoms with Gasteiger partial charge in [-0.05, 0) is 68.6 Å². The molecular weight excluding hydrogens is 512 g/mol. The molecule has 0 heterocycles. The number of aliphatic hydroxyl groups is 1. The van der Waals surface area contributed by atoms with Crippen molar-refractivity contribution in [1.82, 2.24) is 0 Å². The monoisotopic (exact) mass is 550 g/mol. The van der Waals surface area contributed by atoms with Gasteiger partial charge in [-0.1, -0.05) is 55.8 Å². The first-order valence-electron chi connectivity index (χ1n) is 14.2. The summed E-state index contributed by atoms with van der Waals surface area (Å²) in [5.74, 6) is -1.18. The predicted molar refractivity (Wildman–Crippen MR) is 145 cm³/mol. The zero-order valence-electron chi connectivity index (χ0n) is 23.4. The Morgan fingerprint density at radius 1 is 1.07 bits per heavy atom. The van der Waals surface area contributed by atoms with Gasteiger partial charge in [-0.2, -0.15) is 0 Å². The van der Waals surface area contributed by atoms with Crippen LogP contribution in [0, 0.1) is 28.6 Å². The molecule has 8 heteroatoms. The number of benzene rings is 1. The van der Waals surface area contributed by atoms with E-state index in [-0.39, 0.29) is 49.4 Å². The lowest BCUT2D eigenvalue weighted by atomic mass is 9.46. The third kappa shape index (κ3) is 4.60. The van der Waals surface area contributed by atoms with E-state index in [1.807, 2.05) is 31.2 Å². The molecule has 1 aromatic carbocycles. The lowest BCUT2D eigenvalue weighted by molar-refractivity contribution is -0.185. The SMILES string of the molecule is CCOC(=O)O[C@]1(C(=O)COC(=O)Cc2ccccc2)CC[C@H]2[C@@H]3CCC4=CC(=O)C=C[C@]4(C)[C@H]3[C@@H](O)C[C@@]21C. The van der Waals surface area contributed by atoms with Crippen LogP contribution in [0.3, 0.4) is 0 Å². The Labute approximate surface area is 234 Å². The second-order valence-electron chi connectivity index (χ2n) is 12.1. The van der Waals surface area contributed by atoms with Crippen molar-refractivity contribution in [3.05, 3.63) is 59.7 Å². The van der Waals surface area contributed by atoms with Crippen LogP contribution in [0.4, 0.5) is 4.79 Å². The zero-order chi connectivity index (χ0) is 28.7. The van der Waals surface area contributed by atoms with E-state index in [4.69, 9.17) is 14.2 Å². The molecule has 3 fully saturated rings. The topological polar surface area (TPSA) is 116 Å². The van der Waals surface area contributed by atoms with Gasteiger partial charge < -0.3 is 19.3 Å². The van der Waals surface area contributed by atoms with Crippen LogP contribution in [0.15, 0.2) is 54.1 Å². The summed E-state index contributed by atoms with van der Waals surface area (Å²) in [4.78, 5) is 51.4. The second-order valence-corrected chi connectivity index (χ2v) is 12.1. The standard InChI is InChI=1S/C32H38O8/c1-4-38-29(37)40-32(26(35)19-39-27(36)16-20-8-6-5-7-9-20)15-13-24-23-11-10-21-17-22(33)12-14-30(21,2)28(23)25(34)18-31(24,32)3/h5-9,12,14,17,23-25,28,34H,4,10-11,13,15-16,18-19H2,1-3H3/t23-,24-,25-,28+,30-,31-,32-/m0/s1. The maximum Gasteiger partial charge on any atom is 0.509 e. The average Bonchev–Trinajstić information content (AvgIpc) is 3.20.